The van der Waals surface area contributed by atoms with Gasteiger partial charge < -0.3 is 14.9 Å². The predicted molar refractivity (Wildman–Crippen MR) is 60.1 cm³/mol. The number of amides is 1. The first kappa shape index (κ1) is 13.0. The lowest BCUT2D eigenvalue weighted by Gasteiger charge is -2.32. The Morgan fingerprint density at radius 3 is 2.69 bits per heavy atom. The molecule has 5 heteroatoms. The highest BCUT2D eigenvalue weighted by molar-refractivity contribution is 5.78. The van der Waals surface area contributed by atoms with Gasteiger partial charge >= 0.3 is 5.97 Å². The summed E-state index contributed by atoms with van der Waals surface area (Å²) in [6, 6.07) is 0. The van der Waals surface area contributed by atoms with Gasteiger partial charge in [-0.05, 0) is 32.9 Å². The Labute approximate surface area is 96.0 Å². The second-order valence-electron chi connectivity index (χ2n) is 4.68. The monoisotopic (exact) mass is 228 g/mol. The number of likely N-dealkylation sites (N-methyl/N-ethyl adjacent to an activating group) is 1. The van der Waals surface area contributed by atoms with Crippen LogP contribution in [0.1, 0.15) is 19.3 Å². The highest BCUT2D eigenvalue weighted by Gasteiger charge is 2.25. The molecule has 1 aliphatic rings. The summed E-state index contributed by atoms with van der Waals surface area (Å²) in [4.78, 5) is 26.0. The van der Waals surface area contributed by atoms with E-state index in [0.717, 1.165) is 19.4 Å². The van der Waals surface area contributed by atoms with E-state index < -0.39 is 5.97 Å². The highest BCUT2D eigenvalue weighted by Crippen LogP contribution is 2.19. The van der Waals surface area contributed by atoms with Gasteiger partial charge in [0, 0.05) is 19.5 Å². The first-order chi connectivity index (χ1) is 7.49. The van der Waals surface area contributed by atoms with E-state index >= 15 is 0 Å². The van der Waals surface area contributed by atoms with E-state index in [1.54, 1.807) is 4.90 Å². The number of carbonyl (C=O) groups excluding carboxylic acids is 1. The van der Waals surface area contributed by atoms with Gasteiger partial charge in [-0.15, -0.1) is 0 Å². The van der Waals surface area contributed by atoms with Crippen molar-refractivity contribution in [1.29, 1.82) is 0 Å². The van der Waals surface area contributed by atoms with Gasteiger partial charge in [-0.3, -0.25) is 9.59 Å². The fraction of sp³-hybridized carbons (Fsp3) is 0.818. The van der Waals surface area contributed by atoms with Gasteiger partial charge in [-0.1, -0.05) is 0 Å². The lowest BCUT2D eigenvalue weighted by atomic mass is 9.95. The molecule has 1 atom stereocenters. The van der Waals surface area contributed by atoms with Gasteiger partial charge in [-0.2, -0.15) is 0 Å². The Bertz CT molecular complexity index is 266. The van der Waals surface area contributed by atoms with Crippen molar-refractivity contribution in [3.8, 4) is 0 Å². The average Bonchev–Trinajstić information content (AvgIpc) is 2.16. The summed E-state index contributed by atoms with van der Waals surface area (Å²) in [7, 11) is 3.72. The number of hydrogen-bond donors (Lipinski definition) is 1. The van der Waals surface area contributed by atoms with Gasteiger partial charge in [0.05, 0.1) is 6.54 Å². The normalized spacial score (nSPS) is 21.2. The third kappa shape index (κ3) is 4.18. The van der Waals surface area contributed by atoms with E-state index in [0.29, 0.717) is 13.1 Å². The third-order valence-corrected chi connectivity index (χ3v) is 2.79. The molecule has 1 unspecified atom stereocenters. The SMILES string of the molecule is CN(C)CC(=O)N1CCCC(CC(=O)O)C1. The molecular weight excluding hydrogens is 208 g/mol. The Balaban J connectivity index is 2.43. The van der Waals surface area contributed by atoms with Gasteiger partial charge in [0.15, 0.2) is 0 Å². The van der Waals surface area contributed by atoms with Crippen molar-refractivity contribution in [2.24, 2.45) is 5.92 Å². The van der Waals surface area contributed by atoms with Crippen LogP contribution in [0.25, 0.3) is 0 Å². The van der Waals surface area contributed by atoms with Crippen molar-refractivity contribution < 1.29 is 14.7 Å². The van der Waals surface area contributed by atoms with E-state index in [1.165, 1.54) is 0 Å². The number of carboxylic acid groups (broad SMARTS) is 1. The first-order valence-electron chi connectivity index (χ1n) is 5.63. The van der Waals surface area contributed by atoms with Crippen molar-refractivity contribution in [3.63, 3.8) is 0 Å². The maximum atomic E-state index is 11.8. The zero-order chi connectivity index (χ0) is 12.1. The fourth-order valence-corrected chi connectivity index (χ4v) is 2.08. The van der Waals surface area contributed by atoms with Crippen molar-refractivity contribution in [2.45, 2.75) is 19.3 Å². The van der Waals surface area contributed by atoms with Crippen molar-refractivity contribution in [3.05, 3.63) is 0 Å². The van der Waals surface area contributed by atoms with Crippen LogP contribution in [0, 0.1) is 5.92 Å². The minimum Gasteiger partial charge on any atom is -0.481 e. The van der Waals surface area contributed by atoms with Gasteiger partial charge in [0.1, 0.15) is 0 Å². The van der Waals surface area contributed by atoms with Crippen LogP contribution in [0.3, 0.4) is 0 Å². The molecule has 0 bridgehead atoms. The number of carboxylic acids is 1. The number of piperidine rings is 1. The van der Waals surface area contributed by atoms with E-state index in [2.05, 4.69) is 0 Å². The van der Waals surface area contributed by atoms with Crippen molar-refractivity contribution in [2.75, 3.05) is 33.7 Å². The molecule has 0 spiro atoms. The van der Waals surface area contributed by atoms with Crippen LogP contribution in [0.4, 0.5) is 0 Å². The molecule has 0 aromatic carbocycles. The van der Waals surface area contributed by atoms with Crippen LogP contribution in [-0.4, -0.2) is 60.5 Å². The second-order valence-corrected chi connectivity index (χ2v) is 4.68. The molecule has 92 valence electrons. The molecular formula is C11H20N2O3. The molecule has 1 amide bonds. The molecule has 1 heterocycles. The molecule has 1 rings (SSSR count). The number of carbonyl (C=O) groups is 2. The molecule has 0 saturated carbocycles. The lowest BCUT2D eigenvalue weighted by Crippen LogP contribution is -2.44. The number of likely N-dealkylation sites (tertiary alicyclic amines) is 1. The molecule has 0 aromatic rings. The Kier molecular flexibility index (Phi) is 4.73. The molecule has 1 aliphatic heterocycles. The lowest BCUT2D eigenvalue weighted by molar-refractivity contribution is -0.140. The van der Waals surface area contributed by atoms with Crippen LogP contribution >= 0.6 is 0 Å². The maximum Gasteiger partial charge on any atom is 0.303 e. The van der Waals surface area contributed by atoms with Gasteiger partial charge in [0.25, 0.3) is 0 Å². The van der Waals surface area contributed by atoms with Crippen LogP contribution < -0.4 is 0 Å². The summed E-state index contributed by atoms with van der Waals surface area (Å²) in [6.45, 7) is 1.77. The molecule has 1 saturated heterocycles. The van der Waals surface area contributed by atoms with E-state index in [-0.39, 0.29) is 18.2 Å². The van der Waals surface area contributed by atoms with Gasteiger partial charge in [-0.25, -0.2) is 0 Å². The maximum absolute atomic E-state index is 11.8. The van der Waals surface area contributed by atoms with E-state index in [9.17, 15) is 9.59 Å². The number of hydrogen-bond acceptors (Lipinski definition) is 3. The molecule has 0 radical (unpaired) electrons. The Morgan fingerprint density at radius 2 is 2.12 bits per heavy atom. The molecule has 5 nitrogen and oxygen atoms in total. The van der Waals surface area contributed by atoms with Crippen LogP contribution in [0.5, 0.6) is 0 Å². The Hall–Kier alpha value is -1.10. The minimum absolute atomic E-state index is 0.0973. The predicted octanol–water partition coefficient (Wildman–Crippen LogP) is 0.261. The summed E-state index contributed by atoms with van der Waals surface area (Å²) >= 11 is 0. The molecule has 1 N–H and O–H groups in total. The first-order valence-corrected chi connectivity index (χ1v) is 5.63. The van der Waals surface area contributed by atoms with Crippen LogP contribution in [0.15, 0.2) is 0 Å². The van der Waals surface area contributed by atoms with Crippen LogP contribution in [0.2, 0.25) is 0 Å². The third-order valence-electron chi connectivity index (χ3n) is 2.79. The number of rotatable bonds is 4. The standard InChI is InChI=1S/C11H20N2O3/c1-12(2)8-10(14)13-5-3-4-9(7-13)6-11(15)16/h9H,3-8H2,1-2H3,(H,15,16). The number of aliphatic carboxylic acids is 1. The quantitative estimate of drug-likeness (QED) is 0.750. The second kappa shape index (κ2) is 5.84. The van der Waals surface area contributed by atoms with Crippen LogP contribution in [-0.2, 0) is 9.59 Å². The largest absolute Gasteiger partial charge is 0.481 e. The number of nitrogens with zero attached hydrogens (tertiary/aromatic N) is 2. The molecule has 16 heavy (non-hydrogen) atoms. The summed E-state index contributed by atoms with van der Waals surface area (Å²) in [5.41, 5.74) is 0. The highest BCUT2D eigenvalue weighted by atomic mass is 16.4. The van der Waals surface area contributed by atoms with Gasteiger partial charge in [0.2, 0.25) is 5.91 Å². The summed E-state index contributed by atoms with van der Waals surface area (Å²) in [6.07, 6.45) is 2.00. The summed E-state index contributed by atoms with van der Waals surface area (Å²) in [5, 5.41) is 8.72. The van der Waals surface area contributed by atoms with E-state index in [4.69, 9.17) is 5.11 Å². The van der Waals surface area contributed by atoms with Crippen molar-refractivity contribution in [1.82, 2.24) is 9.80 Å². The fourth-order valence-electron chi connectivity index (χ4n) is 2.08. The Morgan fingerprint density at radius 1 is 1.44 bits per heavy atom. The minimum atomic E-state index is -0.771. The summed E-state index contributed by atoms with van der Waals surface area (Å²) < 4.78 is 0. The van der Waals surface area contributed by atoms with E-state index in [1.807, 2.05) is 19.0 Å². The molecule has 0 aliphatic carbocycles. The molecule has 1 fully saturated rings. The molecule has 0 aromatic heterocycles. The average molecular weight is 228 g/mol. The zero-order valence-corrected chi connectivity index (χ0v) is 9.98. The zero-order valence-electron chi connectivity index (χ0n) is 9.98. The topological polar surface area (TPSA) is 60.9 Å². The van der Waals surface area contributed by atoms with Crippen molar-refractivity contribution >= 4 is 11.9 Å². The smallest absolute Gasteiger partial charge is 0.303 e. The summed E-state index contributed by atoms with van der Waals surface area (Å²) in [5.74, 6) is -0.552.